The largest absolute Gasteiger partial charge is 0.505 e. The number of aromatic nitrogens is 1. The van der Waals surface area contributed by atoms with Gasteiger partial charge in [0, 0.05) is 17.3 Å². The summed E-state index contributed by atoms with van der Waals surface area (Å²) >= 11 is 0. The number of aliphatic hydroxyl groups excluding tert-OH is 1. The molecular weight excluding hydrogens is 281 g/mol. The average Bonchev–Trinajstić information content (AvgIpc) is 2.24. The highest BCUT2D eigenvalue weighted by Crippen LogP contribution is 2.21. The zero-order valence-corrected chi connectivity index (χ0v) is 11.2. The molecule has 9 heteroatoms. The number of aliphatic hydroxyl groups is 1. The number of hydrogen-bond acceptors (Lipinski definition) is 5. The number of nitrogens with two attached hydrogens (primary N) is 1. The van der Waals surface area contributed by atoms with Gasteiger partial charge < -0.3 is 15.9 Å². The van der Waals surface area contributed by atoms with Gasteiger partial charge in [0.2, 0.25) is 5.96 Å². The van der Waals surface area contributed by atoms with E-state index in [4.69, 9.17) is 16.2 Å². The van der Waals surface area contributed by atoms with Crippen LogP contribution in [-0.2, 0) is 6.61 Å². The minimum Gasteiger partial charge on any atom is -0.505 e. The van der Waals surface area contributed by atoms with E-state index >= 15 is 0 Å². The van der Waals surface area contributed by atoms with E-state index in [9.17, 15) is 5.11 Å². The number of aryl methyl sites for hydroxylation is 1. The molecule has 0 atom stereocenters. The maximum atomic E-state index is 9.70. The van der Waals surface area contributed by atoms with Crippen molar-refractivity contribution in [2.45, 2.75) is 13.5 Å². The van der Waals surface area contributed by atoms with Crippen LogP contribution >= 0.6 is 24.8 Å². The highest BCUT2D eigenvalue weighted by Gasteiger charge is 2.08. The number of nitrogens with one attached hydrogen (secondary N) is 2. The Bertz CT molecular complexity index is 439. The molecule has 1 aromatic rings. The molecule has 0 fully saturated rings. The molecule has 1 rings (SSSR count). The first-order valence-electron chi connectivity index (χ1n) is 4.47. The molecule has 0 bridgehead atoms. The zero-order valence-electron chi connectivity index (χ0n) is 9.54. The first-order chi connectivity index (χ1) is 7.56. The van der Waals surface area contributed by atoms with Crippen molar-refractivity contribution in [3.8, 4) is 5.75 Å². The Hall–Kier alpha value is -1.57. The molecule has 0 spiro atoms. The molecule has 0 saturated heterocycles. The third-order valence-corrected chi connectivity index (χ3v) is 1.91. The Morgan fingerprint density at radius 3 is 2.72 bits per heavy atom. The van der Waals surface area contributed by atoms with Gasteiger partial charge in [-0.3, -0.25) is 10.4 Å². The van der Waals surface area contributed by atoms with Crippen LogP contribution in [0.5, 0.6) is 5.75 Å². The van der Waals surface area contributed by atoms with Gasteiger partial charge in [0.1, 0.15) is 5.75 Å². The maximum Gasteiger partial charge on any atom is 0.206 e. The van der Waals surface area contributed by atoms with Gasteiger partial charge in [0.25, 0.3) is 0 Å². The van der Waals surface area contributed by atoms with Crippen molar-refractivity contribution in [2.75, 3.05) is 0 Å². The minimum absolute atomic E-state index is 0. The third kappa shape index (κ3) is 4.74. The number of nitrogens with zero attached hydrogens (tertiary/aromatic N) is 2. The van der Waals surface area contributed by atoms with E-state index < -0.39 is 0 Å². The molecule has 102 valence electrons. The summed E-state index contributed by atoms with van der Waals surface area (Å²) in [7, 11) is 0. The number of halogens is 2. The summed E-state index contributed by atoms with van der Waals surface area (Å²) in [4.78, 5) is 3.89. The van der Waals surface area contributed by atoms with Crippen LogP contribution in [0.3, 0.4) is 0 Å². The second kappa shape index (κ2) is 8.51. The summed E-state index contributed by atoms with van der Waals surface area (Å²) < 4.78 is 0. The summed E-state index contributed by atoms with van der Waals surface area (Å²) in [6, 6.07) is 0. The number of hydrogen-bond donors (Lipinski definition) is 5. The van der Waals surface area contributed by atoms with E-state index in [-0.39, 0.29) is 43.1 Å². The number of hydrazone groups is 1. The predicted octanol–water partition coefficient (Wildman–Crippen LogP) is 0.248. The van der Waals surface area contributed by atoms with Gasteiger partial charge in [-0.05, 0) is 6.92 Å². The highest BCUT2D eigenvalue weighted by molar-refractivity contribution is 5.87. The quantitative estimate of drug-likeness (QED) is 0.310. The van der Waals surface area contributed by atoms with Gasteiger partial charge in [-0.25, -0.2) is 5.43 Å². The summed E-state index contributed by atoms with van der Waals surface area (Å²) in [5.74, 6) is -0.368. The van der Waals surface area contributed by atoms with Gasteiger partial charge in [-0.2, -0.15) is 5.10 Å². The number of aromatic hydroxyl groups is 1. The van der Waals surface area contributed by atoms with Crippen LogP contribution in [0.2, 0.25) is 0 Å². The van der Waals surface area contributed by atoms with E-state index in [0.29, 0.717) is 16.8 Å². The Morgan fingerprint density at radius 1 is 1.61 bits per heavy atom. The molecule has 6 N–H and O–H groups in total. The van der Waals surface area contributed by atoms with E-state index in [2.05, 4.69) is 15.5 Å². The predicted molar refractivity (Wildman–Crippen MR) is 73.7 cm³/mol. The summed E-state index contributed by atoms with van der Waals surface area (Å²) in [5.41, 5.74) is 8.46. The number of rotatable bonds is 3. The lowest BCUT2D eigenvalue weighted by atomic mass is 10.1. The van der Waals surface area contributed by atoms with Crippen molar-refractivity contribution < 1.29 is 10.2 Å². The van der Waals surface area contributed by atoms with Crippen LogP contribution < -0.4 is 11.2 Å². The van der Waals surface area contributed by atoms with Crippen molar-refractivity contribution in [1.82, 2.24) is 10.4 Å². The van der Waals surface area contributed by atoms with Crippen molar-refractivity contribution in [1.29, 1.82) is 5.41 Å². The maximum absolute atomic E-state index is 9.70. The lowest BCUT2D eigenvalue weighted by molar-refractivity contribution is 0.280. The van der Waals surface area contributed by atoms with Crippen molar-refractivity contribution in [3.63, 3.8) is 0 Å². The topological polar surface area (TPSA) is 128 Å². The Balaban J connectivity index is 0. The van der Waals surface area contributed by atoms with E-state index in [1.807, 2.05) is 0 Å². The van der Waals surface area contributed by atoms with Gasteiger partial charge in [0.05, 0.1) is 18.5 Å². The van der Waals surface area contributed by atoms with E-state index in [1.165, 1.54) is 12.4 Å². The molecule has 7 nitrogen and oxygen atoms in total. The fourth-order valence-electron chi connectivity index (χ4n) is 1.09. The first kappa shape index (κ1) is 18.8. The molecule has 0 aromatic carbocycles. The normalized spacial score (nSPS) is 9.44. The molecule has 0 saturated carbocycles. The monoisotopic (exact) mass is 295 g/mol. The molecule has 1 aromatic heterocycles. The molecule has 18 heavy (non-hydrogen) atoms. The molecule has 0 aliphatic carbocycles. The van der Waals surface area contributed by atoms with Crippen molar-refractivity contribution in [2.24, 2.45) is 10.8 Å². The molecule has 0 amide bonds. The zero-order chi connectivity index (χ0) is 12.1. The number of guanidine groups is 1. The summed E-state index contributed by atoms with van der Waals surface area (Å²) in [6.07, 6.45) is 2.72. The van der Waals surface area contributed by atoms with Crippen LogP contribution in [0, 0.1) is 12.3 Å². The molecule has 1 heterocycles. The Morgan fingerprint density at radius 2 is 2.22 bits per heavy atom. The third-order valence-electron chi connectivity index (χ3n) is 1.91. The van der Waals surface area contributed by atoms with Gasteiger partial charge >= 0.3 is 0 Å². The van der Waals surface area contributed by atoms with Crippen LogP contribution in [0.1, 0.15) is 16.8 Å². The van der Waals surface area contributed by atoms with Gasteiger partial charge in [-0.1, -0.05) is 0 Å². The average molecular weight is 296 g/mol. The van der Waals surface area contributed by atoms with Crippen molar-refractivity contribution >= 4 is 37.0 Å². The lowest BCUT2D eigenvalue weighted by Crippen LogP contribution is -2.25. The summed E-state index contributed by atoms with van der Waals surface area (Å²) in [5, 5.41) is 29.3. The second-order valence-corrected chi connectivity index (χ2v) is 3.07. The standard InChI is InChI=1S/C9H13N5O2.2ClH/c1-5-8(16)7(3-13-14-9(10)11)6(4-15)2-12-5;;/h2-3,15-16H,4H2,1H3,(H4,10,11,14);2*1H. The molecule has 0 aliphatic rings. The second-order valence-electron chi connectivity index (χ2n) is 3.07. The smallest absolute Gasteiger partial charge is 0.206 e. The minimum atomic E-state index is -0.313. The fourth-order valence-corrected chi connectivity index (χ4v) is 1.09. The van der Waals surface area contributed by atoms with Gasteiger partial charge in [-0.15, -0.1) is 24.8 Å². The van der Waals surface area contributed by atoms with Crippen LogP contribution in [0.15, 0.2) is 11.3 Å². The summed E-state index contributed by atoms with van der Waals surface area (Å²) in [6.45, 7) is 1.37. The lowest BCUT2D eigenvalue weighted by Gasteiger charge is -2.06. The van der Waals surface area contributed by atoms with E-state index in [1.54, 1.807) is 6.92 Å². The SMILES string of the molecule is Cc1ncc(CO)c(C=NNC(=N)N)c1O.Cl.Cl. The van der Waals surface area contributed by atoms with Crippen molar-refractivity contribution in [3.05, 3.63) is 23.0 Å². The van der Waals surface area contributed by atoms with Gasteiger partial charge in [0.15, 0.2) is 0 Å². The molecule has 0 aliphatic heterocycles. The first-order valence-corrected chi connectivity index (χ1v) is 4.47. The molecule has 0 unspecified atom stereocenters. The molecule has 0 radical (unpaired) electrons. The van der Waals surface area contributed by atoms with Crippen LogP contribution in [-0.4, -0.2) is 27.4 Å². The highest BCUT2D eigenvalue weighted by atomic mass is 35.5. The fraction of sp³-hybridized carbons (Fsp3) is 0.222. The Labute approximate surface area is 116 Å². The van der Waals surface area contributed by atoms with Crippen LogP contribution in [0.25, 0.3) is 0 Å². The van der Waals surface area contributed by atoms with Crippen LogP contribution in [0.4, 0.5) is 0 Å². The van der Waals surface area contributed by atoms with E-state index in [0.717, 1.165) is 0 Å². The Kier molecular flexibility index (Phi) is 8.88. The molecular formula is C9H15Cl2N5O2. The number of pyridine rings is 1.